The van der Waals surface area contributed by atoms with Crippen LogP contribution < -0.4 is 29.9 Å². The predicted molar refractivity (Wildman–Crippen MR) is 490 cm³/mol. The number of thioether (sulfide) groups is 2. The van der Waals surface area contributed by atoms with Crippen LogP contribution in [0.3, 0.4) is 0 Å². The van der Waals surface area contributed by atoms with Crippen LogP contribution in [0.5, 0.6) is 0 Å². The zero-order valence-electron chi connectivity index (χ0n) is 68.6. The van der Waals surface area contributed by atoms with E-state index in [-0.39, 0.29) is 55.4 Å². The molecule has 4 fully saturated rings. The number of sulfonamides is 2. The molecule has 6 heterocycles. The molecule has 10 aromatic carbocycles. The van der Waals surface area contributed by atoms with Gasteiger partial charge in [-0.05, 0) is 210 Å². The van der Waals surface area contributed by atoms with Crippen LogP contribution >= 0.6 is 23.5 Å². The number of nitrogens with zero attached hydrogens (tertiary/aromatic N) is 10. The summed E-state index contributed by atoms with van der Waals surface area (Å²) in [5.41, 5.74) is 9.16. The number of hydrogen-bond donors (Lipinski definition) is 4. The largest absolute Gasteiger partial charge is 0.379 e. The number of hydrogen-bond acceptors (Lipinski definition) is 22. The molecule has 0 radical (unpaired) electrons. The third-order valence-corrected chi connectivity index (χ3v) is 28.4. The van der Waals surface area contributed by atoms with E-state index in [1.54, 1.807) is 23.5 Å². The summed E-state index contributed by atoms with van der Waals surface area (Å²) in [5.74, 6) is 1.47. The molecule has 16 rings (SSSR count). The molecule has 4 aliphatic heterocycles. The van der Waals surface area contributed by atoms with Crippen molar-refractivity contribution in [2.24, 2.45) is 0 Å². The Balaban J connectivity index is 0.000000190. The number of rotatable bonds is 34. The fourth-order valence-corrected chi connectivity index (χ4v) is 20.5. The number of piperidine rings is 2. The van der Waals surface area contributed by atoms with Crippen LogP contribution in [0.1, 0.15) is 76.3 Å². The Labute approximate surface area is 722 Å². The van der Waals surface area contributed by atoms with Gasteiger partial charge in [0.2, 0.25) is 0 Å². The number of nitrogens with one attached hydrogen (secondary N) is 4. The number of benzene rings is 10. The highest BCUT2D eigenvalue weighted by atomic mass is 32.2. The molecule has 122 heavy (non-hydrogen) atoms. The van der Waals surface area contributed by atoms with Gasteiger partial charge in [0, 0.05) is 120 Å². The van der Waals surface area contributed by atoms with E-state index in [4.69, 9.17) is 9.47 Å². The van der Waals surface area contributed by atoms with Gasteiger partial charge in [0.15, 0.2) is 11.6 Å². The molecule has 0 unspecified atom stereocenters. The third kappa shape index (κ3) is 21.9. The summed E-state index contributed by atoms with van der Waals surface area (Å²) in [7, 11) is -8.52. The standard InChI is InChI=1S/C48H53N7O5S2.C46H49N7O5S2/c1-47(2,34-61-39-16-7-4-8-17-39)51-43-22-20-40(32-45(43)55(56)57)62(58,59)52-46-42-21-19-38(31-44(42)49-35-50-46)54-27-23-48(24-28-54,60-30-29-53-25-11-12-26-53)33-37-15-9-10-18-41(37)36-13-5-3-6-14-36;54-53(55)44-32-39(18-20-42(44)47-23-30-59-38-14-5-2-6-15-38)60(56,57)50-45-41-19-17-37(31-43(41)48-34-49-45)52-26-21-46(22-27-52,58-29-28-51-24-9-10-25-51)33-36-13-7-8-16-40(36)35-11-3-1-4-12-35/h3-10,13-22,31-32,35,51H,11-12,23-30,33-34H2,1-2H3,(H,49,50,52);1-8,11-20,31-32,34,47H,9-10,21-30,33H2,(H,48,49,50). The molecule has 12 aromatic rings. The van der Waals surface area contributed by atoms with Crippen molar-refractivity contribution in [2.45, 2.75) is 114 Å². The van der Waals surface area contributed by atoms with Crippen LogP contribution in [0, 0.1) is 20.2 Å². The Hall–Kier alpha value is -11.1. The number of nitro groups is 2. The highest BCUT2D eigenvalue weighted by Gasteiger charge is 2.40. The van der Waals surface area contributed by atoms with Gasteiger partial charge < -0.3 is 39.7 Å². The number of ether oxygens (including phenoxy) is 2. The van der Waals surface area contributed by atoms with Crippen molar-refractivity contribution in [3.63, 3.8) is 0 Å². The number of anilines is 6. The van der Waals surface area contributed by atoms with Crippen LogP contribution in [0.25, 0.3) is 44.1 Å². The monoisotopic (exact) mass is 1710 g/mol. The molecule has 632 valence electrons. The first kappa shape index (κ1) is 85.9. The molecule has 4 N–H and O–H groups in total. The fraction of sp³-hybridized carbons (Fsp3) is 0.319. The Morgan fingerprint density at radius 1 is 0.459 bits per heavy atom. The maximum absolute atomic E-state index is 13.8. The van der Waals surface area contributed by atoms with E-state index in [0.717, 1.165) is 137 Å². The second kappa shape index (κ2) is 39.4. The van der Waals surface area contributed by atoms with Crippen LogP contribution in [0.2, 0.25) is 0 Å². The molecule has 2 aromatic heterocycles. The lowest BCUT2D eigenvalue weighted by atomic mass is 9.82. The van der Waals surface area contributed by atoms with Crippen LogP contribution in [0.4, 0.5) is 45.8 Å². The number of nitro benzene ring substituents is 2. The lowest BCUT2D eigenvalue weighted by Gasteiger charge is -2.43. The highest BCUT2D eigenvalue weighted by molar-refractivity contribution is 7.99. The Morgan fingerprint density at radius 3 is 1.30 bits per heavy atom. The SMILES string of the molecule is CC(C)(CSc1ccccc1)Nc1ccc(S(=O)(=O)Nc2ncnc3cc(N4CCC(Cc5ccccc5-c5ccccc5)(OCCN5CCCC5)CC4)ccc23)cc1[N+](=O)[O-].O=[N+]([O-])c1cc(S(=O)(=O)Nc2ncnc3cc(N4CCC(Cc5ccccc5-c5ccccc5)(OCCN5CCCC5)CC4)ccc23)ccc1NCCSc1ccccc1. The molecule has 4 saturated heterocycles. The summed E-state index contributed by atoms with van der Waals surface area (Å²) in [4.78, 5) is 52.1. The summed E-state index contributed by atoms with van der Waals surface area (Å²) >= 11 is 3.24. The summed E-state index contributed by atoms with van der Waals surface area (Å²) < 4.78 is 74.0. The zero-order chi connectivity index (χ0) is 84.5. The van der Waals surface area contributed by atoms with Gasteiger partial charge in [0.1, 0.15) is 24.0 Å². The van der Waals surface area contributed by atoms with Crippen LogP contribution in [-0.4, -0.2) is 170 Å². The van der Waals surface area contributed by atoms with Gasteiger partial charge in [0.25, 0.3) is 31.4 Å². The molecular weight excluding hydrogens is 1610 g/mol. The van der Waals surface area contributed by atoms with E-state index in [1.807, 2.05) is 123 Å². The minimum absolute atomic E-state index is 0.0895. The van der Waals surface area contributed by atoms with Crippen LogP contribution in [-0.2, 0) is 42.4 Å². The molecule has 0 atom stereocenters. The van der Waals surface area contributed by atoms with Gasteiger partial charge in [-0.2, -0.15) is 0 Å². The molecule has 24 nitrogen and oxygen atoms in total. The van der Waals surface area contributed by atoms with E-state index in [1.165, 1.54) is 96.0 Å². The third-order valence-electron chi connectivity index (χ3n) is 23.2. The van der Waals surface area contributed by atoms with Crippen molar-refractivity contribution in [3.8, 4) is 22.3 Å². The number of aromatic nitrogens is 4. The second-order valence-corrected chi connectivity index (χ2v) is 37.7. The number of likely N-dealkylation sites (tertiary alicyclic amines) is 2. The lowest BCUT2D eigenvalue weighted by Crippen LogP contribution is -2.48. The van der Waals surface area contributed by atoms with Crippen LogP contribution in [0.15, 0.2) is 275 Å². The molecular formula is C94H102N14O10S4. The van der Waals surface area contributed by atoms with Gasteiger partial charge in [-0.15, -0.1) is 23.5 Å². The van der Waals surface area contributed by atoms with Crippen molar-refractivity contribution in [1.29, 1.82) is 0 Å². The minimum atomic E-state index is -4.28. The maximum Gasteiger partial charge on any atom is 0.293 e. The zero-order valence-corrected chi connectivity index (χ0v) is 71.9. The summed E-state index contributed by atoms with van der Waals surface area (Å²) in [6.45, 7) is 15.3. The molecule has 0 amide bonds. The average molecular weight is 1720 g/mol. The Bertz CT molecular complexity index is 5830. The first-order valence-electron chi connectivity index (χ1n) is 41.7. The molecule has 0 bridgehead atoms. The van der Waals surface area contributed by atoms with Gasteiger partial charge in [-0.3, -0.25) is 29.7 Å². The van der Waals surface area contributed by atoms with Gasteiger partial charge >= 0.3 is 0 Å². The Kier molecular flexibility index (Phi) is 27.7. The first-order chi connectivity index (χ1) is 59.2. The van der Waals surface area contributed by atoms with Crippen molar-refractivity contribution >= 4 is 111 Å². The normalized spacial score (nSPS) is 15.7. The van der Waals surface area contributed by atoms with Crippen molar-refractivity contribution < 1.29 is 36.2 Å². The highest BCUT2D eigenvalue weighted by Crippen LogP contribution is 2.42. The maximum atomic E-state index is 13.8. The van der Waals surface area contributed by atoms with E-state index >= 15 is 0 Å². The van der Waals surface area contributed by atoms with Gasteiger partial charge in [-0.1, -0.05) is 146 Å². The fourth-order valence-electron chi connectivity index (χ4n) is 16.7. The molecule has 0 spiro atoms. The minimum Gasteiger partial charge on any atom is -0.379 e. The molecule has 0 aliphatic carbocycles. The Morgan fingerprint density at radius 2 is 0.861 bits per heavy atom. The topological polar surface area (TPSA) is 286 Å². The smallest absolute Gasteiger partial charge is 0.293 e. The van der Waals surface area contributed by atoms with Crippen molar-refractivity contribution in [1.82, 2.24) is 29.7 Å². The average Bonchev–Trinajstić information content (AvgIpc) is 0.858. The van der Waals surface area contributed by atoms with E-state index in [0.29, 0.717) is 53.1 Å². The number of fused-ring (bicyclic) bond motifs is 2. The predicted octanol–water partition coefficient (Wildman–Crippen LogP) is 18.6. The van der Waals surface area contributed by atoms with E-state index in [2.05, 4.69) is 157 Å². The lowest BCUT2D eigenvalue weighted by molar-refractivity contribution is -0.384. The van der Waals surface area contributed by atoms with Crippen molar-refractivity contribution in [2.75, 3.05) is 127 Å². The summed E-state index contributed by atoms with van der Waals surface area (Å²) in [5, 5.41) is 31.7. The van der Waals surface area contributed by atoms with E-state index in [9.17, 15) is 37.1 Å². The second-order valence-electron chi connectivity index (χ2n) is 32.2. The molecule has 0 saturated carbocycles. The van der Waals surface area contributed by atoms with Gasteiger partial charge in [0.05, 0.1) is 55.1 Å². The summed E-state index contributed by atoms with van der Waals surface area (Å²) in [6, 6.07) is 77.4. The van der Waals surface area contributed by atoms with Crippen molar-refractivity contribution in [3.05, 3.63) is 287 Å². The van der Waals surface area contributed by atoms with E-state index < -0.39 is 35.4 Å². The molecule has 28 heteroatoms. The summed E-state index contributed by atoms with van der Waals surface area (Å²) in [6.07, 6.45) is 12.7. The quantitative estimate of drug-likeness (QED) is 0.0126. The first-order valence-corrected chi connectivity index (χ1v) is 46.6. The molecule has 4 aliphatic rings. The van der Waals surface area contributed by atoms with Gasteiger partial charge in [-0.25, -0.2) is 36.8 Å².